The molecule has 4 N–H and O–H groups in total. The molecule has 258 valence electrons. The normalized spacial score (nSPS) is 20.4. The number of ether oxygens (including phenoxy) is 2. The van der Waals surface area contributed by atoms with Crippen LogP contribution in [0.3, 0.4) is 0 Å². The van der Waals surface area contributed by atoms with Gasteiger partial charge in [0, 0.05) is 37.9 Å². The quantitative estimate of drug-likeness (QED) is 0.0862. The van der Waals surface area contributed by atoms with Crippen LogP contribution in [-0.2, 0) is 32.2 Å². The first-order chi connectivity index (χ1) is 23.5. The van der Waals surface area contributed by atoms with Crippen LogP contribution in [-0.4, -0.2) is 52.8 Å². The fourth-order valence-corrected chi connectivity index (χ4v) is 6.68. The molecule has 2 amide bonds. The molecule has 2 aliphatic rings. The predicted molar refractivity (Wildman–Crippen MR) is 185 cm³/mol. The third-order valence-corrected chi connectivity index (χ3v) is 9.45. The number of unbranched alkanes of at least 4 members (excludes halogenated alkanes) is 2. The number of carbonyl (C=O) groups excluding carboxylic acids is 2. The first-order valence-electron chi connectivity index (χ1n) is 17.6. The van der Waals surface area contributed by atoms with Gasteiger partial charge in [-0.3, -0.25) is 14.8 Å². The number of likely N-dealkylation sites (tertiary alicyclic amines) is 1. The Labute approximate surface area is 284 Å². The van der Waals surface area contributed by atoms with Gasteiger partial charge in [0.1, 0.15) is 0 Å². The summed E-state index contributed by atoms with van der Waals surface area (Å²) in [5.74, 6) is -0.427. The Morgan fingerprint density at radius 1 is 0.771 bits per heavy atom. The topological polar surface area (TPSA) is 120 Å². The molecule has 5 rings (SSSR count). The molecule has 0 aliphatic carbocycles. The number of aliphatic hydroxyl groups is 1. The van der Waals surface area contributed by atoms with Gasteiger partial charge < -0.3 is 24.8 Å². The lowest BCUT2D eigenvalue weighted by Gasteiger charge is -2.39. The van der Waals surface area contributed by atoms with E-state index in [9.17, 15) is 14.7 Å². The number of hydrogen-bond donors (Lipinski definition) is 4. The van der Waals surface area contributed by atoms with Gasteiger partial charge >= 0.3 is 0 Å². The largest absolute Gasteiger partial charge is 0.392 e. The molecule has 0 bridgehead atoms. The second-order valence-electron chi connectivity index (χ2n) is 13.1. The lowest BCUT2D eigenvalue weighted by molar-refractivity contribution is -0.253. The Bertz CT molecular complexity index is 1420. The van der Waals surface area contributed by atoms with Crippen molar-refractivity contribution in [2.45, 2.75) is 102 Å². The van der Waals surface area contributed by atoms with Crippen LogP contribution >= 0.6 is 0 Å². The number of hydrogen-bond acceptors (Lipinski definition) is 7. The average molecular weight is 658 g/mol. The van der Waals surface area contributed by atoms with Crippen molar-refractivity contribution < 1.29 is 29.4 Å². The van der Waals surface area contributed by atoms with E-state index in [1.807, 2.05) is 30.3 Å². The summed E-state index contributed by atoms with van der Waals surface area (Å²) in [6, 6.07) is 24.5. The molecule has 9 heteroatoms. The molecule has 3 aromatic carbocycles. The Hall–Kier alpha value is -3.60. The summed E-state index contributed by atoms with van der Waals surface area (Å²) in [6.07, 6.45) is 9.31. The molecule has 0 radical (unpaired) electrons. The highest BCUT2D eigenvalue weighted by molar-refractivity contribution is 5.76. The molecule has 2 fully saturated rings. The standard InChI is InChI=1S/C39H51N3O6/c43-28-29-15-17-31(18-16-29)36-25-34(27-42-23-9-2-1-3-10-24-42)47-39(48-36)32-21-19-30(20-22-32)35-12-8-7-11-33(35)26-40-37(44)13-5-4-6-14-38(45)41-46/h7-8,11-12,15-22,34,36,39,43,46H,1-6,9-10,13-14,23-28H2,(H,40,44)(H,41,45). The van der Waals surface area contributed by atoms with E-state index >= 15 is 0 Å². The van der Waals surface area contributed by atoms with E-state index in [4.69, 9.17) is 14.7 Å². The van der Waals surface area contributed by atoms with Gasteiger partial charge in [0.05, 0.1) is 18.8 Å². The summed E-state index contributed by atoms with van der Waals surface area (Å²) < 4.78 is 13.3. The first-order valence-corrected chi connectivity index (χ1v) is 17.6. The van der Waals surface area contributed by atoms with E-state index in [0.717, 1.165) is 65.9 Å². The van der Waals surface area contributed by atoms with Gasteiger partial charge in [0.2, 0.25) is 11.8 Å². The number of hydroxylamine groups is 1. The lowest BCUT2D eigenvalue weighted by atomic mass is 9.97. The van der Waals surface area contributed by atoms with E-state index < -0.39 is 12.2 Å². The van der Waals surface area contributed by atoms with Crippen LogP contribution in [0.4, 0.5) is 0 Å². The van der Waals surface area contributed by atoms with E-state index in [2.05, 4.69) is 52.7 Å². The van der Waals surface area contributed by atoms with Gasteiger partial charge in [-0.05, 0) is 66.6 Å². The molecule has 3 atom stereocenters. The fraction of sp³-hybridized carbons (Fsp3) is 0.487. The van der Waals surface area contributed by atoms with Gasteiger partial charge in [-0.25, -0.2) is 5.48 Å². The van der Waals surface area contributed by atoms with E-state index in [-0.39, 0.29) is 31.1 Å². The van der Waals surface area contributed by atoms with Crippen LogP contribution in [0.1, 0.15) is 105 Å². The Morgan fingerprint density at radius 3 is 2.15 bits per heavy atom. The number of nitrogens with one attached hydrogen (secondary N) is 2. The summed E-state index contributed by atoms with van der Waals surface area (Å²) in [7, 11) is 0. The van der Waals surface area contributed by atoms with Crippen LogP contribution in [0.15, 0.2) is 72.8 Å². The average Bonchev–Trinajstić information content (AvgIpc) is 3.11. The van der Waals surface area contributed by atoms with E-state index in [1.54, 1.807) is 5.48 Å². The molecule has 3 unspecified atom stereocenters. The smallest absolute Gasteiger partial charge is 0.243 e. The van der Waals surface area contributed by atoms with Crippen LogP contribution < -0.4 is 10.8 Å². The Kier molecular flexibility index (Phi) is 14.0. The SMILES string of the molecule is O=C(CCCCCC(=O)NCc1ccccc1-c1ccc(C2OC(CN3CCCCCCC3)CC(c3ccc(CO)cc3)O2)cc1)NO. The van der Waals surface area contributed by atoms with Crippen LogP contribution in [0, 0.1) is 0 Å². The highest BCUT2D eigenvalue weighted by Gasteiger charge is 2.33. The fourth-order valence-electron chi connectivity index (χ4n) is 6.68. The van der Waals surface area contributed by atoms with Gasteiger partial charge in [0.15, 0.2) is 6.29 Å². The van der Waals surface area contributed by atoms with Crippen LogP contribution in [0.2, 0.25) is 0 Å². The van der Waals surface area contributed by atoms with Crippen molar-refractivity contribution >= 4 is 11.8 Å². The summed E-state index contributed by atoms with van der Waals surface area (Å²) in [5.41, 5.74) is 7.72. The summed E-state index contributed by atoms with van der Waals surface area (Å²) in [5, 5.41) is 21.2. The summed E-state index contributed by atoms with van der Waals surface area (Å²) in [4.78, 5) is 26.2. The molecule has 2 saturated heterocycles. The van der Waals surface area contributed by atoms with Gasteiger partial charge in [-0.1, -0.05) is 98.5 Å². The van der Waals surface area contributed by atoms with Gasteiger partial charge in [0.25, 0.3) is 0 Å². The van der Waals surface area contributed by atoms with Gasteiger partial charge in [-0.15, -0.1) is 0 Å². The van der Waals surface area contributed by atoms with Crippen LogP contribution in [0.25, 0.3) is 11.1 Å². The van der Waals surface area contributed by atoms with Crippen molar-refractivity contribution in [2.75, 3.05) is 19.6 Å². The number of nitrogens with zero attached hydrogens (tertiary/aromatic N) is 1. The van der Waals surface area contributed by atoms with Crippen molar-refractivity contribution in [1.82, 2.24) is 15.7 Å². The monoisotopic (exact) mass is 657 g/mol. The first kappa shape index (κ1) is 35.7. The Balaban J connectivity index is 1.23. The number of benzene rings is 3. The number of carbonyl (C=O) groups is 2. The van der Waals surface area contributed by atoms with E-state index in [0.29, 0.717) is 25.8 Å². The maximum Gasteiger partial charge on any atom is 0.243 e. The second kappa shape index (κ2) is 18.8. The Morgan fingerprint density at radius 2 is 1.44 bits per heavy atom. The molecule has 0 spiro atoms. The van der Waals surface area contributed by atoms with Gasteiger partial charge in [-0.2, -0.15) is 0 Å². The maximum atomic E-state index is 12.5. The van der Waals surface area contributed by atoms with Crippen LogP contribution in [0.5, 0.6) is 0 Å². The molecular formula is C39H51N3O6. The molecule has 3 aromatic rings. The highest BCUT2D eigenvalue weighted by Crippen LogP contribution is 2.39. The minimum Gasteiger partial charge on any atom is -0.392 e. The molecule has 48 heavy (non-hydrogen) atoms. The van der Waals surface area contributed by atoms with Crippen molar-refractivity contribution in [3.8, 4) is 11.1 Å². The molecule has 0 saturated carbocycles. The zero-order valence-corrected chi connectivity index (χ0v) is 27.9. The third kappa shape index (κ3) is 10.7. The maximum absolute atomic E-state index is 12.5. The van der Waals surface area contributed by atoms with Crippen molar-refractivity contribution in [1.29, 1.82) is 0 Å². The molecule has 2 aliphatic heterocycles. The predicted octanol–water partition coefficient (Wildman–Crippen LogP) is 6.73. The molecule has 2 heterocycles. The molecule has 9 nitrogen and oxygen atoms in total. The summed E-state index contributed by atoms with van der Waals surface area (Å²) in [6.45, 7) is 3.56. The summed E-state index contributed by atoms with van der Waals surface area (Å²) >= 11 is 0. The van der Waals surface area contributed by atoms with E-state index in [1.165, 1.54) is 32.1 Å². The minimum atomic E-state index is -0.498. The number of amides is 2. The van der Waals surface area contributed by atoms with Crippen molar-refractivity contribution in [2.24, 2.45) is 0 Å². The zero-order valence-electron chi connectivity index (χ0n) is 27.9. The number of rotatable bonds is 14. The zero-order chi connectivity index (χ0) is 33.6. The molecule has 0 aromatic heterocycles. The lowest BCUT2D eigenvalue weighted by Crippen LogP contribution is -2.40. The minimum absolute atomic E-state index is 0.0199. The van der Waals surface area contributed by atoms with Crippen molar-refractivity contribution in [3.63, 3.8) is 0 Å². The molecular weight excluding hydrogens is 606 g/mol. The second-order valence-corrected chi connectivity index (χ2v) is 13.1. The third-order valence-electron chi connectivity index (χ3n) is 9.45. The highest BCUT2D eigenvalue weighted by atomic mass is 16.7. The number of aliphatic hydroxyl groups excluding tert-OH is 1. The van der Waals surface area contributed by atoms with Crippen molar-refractivity contribution in [3.05, 3.63) is 95.1 Å².